The molecule has 0 bridgehead atoms. The van der Waals surface area contributed by atoms with Gasteiger partial charge in [0.2, 0.25) is 0 Å². The topological polar surface area (TPSA) is 79.3 Å². The van der Waals surface area contributed by atoms with Crippen molar-refractivity contribution in [2.45, 2.75) is 38.1 Å². The van der Waals surface area contributed by atoms with Crippen molar-refractivity contribution >= 4 is 17.7 Å². The van der Waals surface area contributed by atoms with Crippen molar-refractivity contribution in [2.24, 2.45) is 10.7 Å². The standard InChI is InChI=1S/C25H39N5O2S/c1-29(2)18-21-7-5-8-22(17-21)31-15-6-11-27-25(26)28-12-16-33-20-24-10-9-23(32-24)19-30-13-3-4-14-30/h5,7-10,17H,3-4,6,11-16,18-20H2,1-2H3,(H3,26,27,28). The average molecular weight is 474 g/mol. The second kappa shape index (κ2) is 14.2. The SMILES string of the molecule is CN(C)Cc1cccc(OCCCN=C(N)NCCSCc2ccc(CN3CCCC3)o2)c1. The van der Waals surface area contributed by atoms with E-state index >= 15 is 0 Å². The second-order valence-electron chi connectivity index (χ2n) is 8.68. The van der Waals surface area contributed by atoms with Crippen molar-refractivity contribution in [3.8, 4) is 5.75 Å². The fourth-order valence-electron chi connectivity index (χ4n) is 3.78. The van der Waals surface area contributed by atoms with Crippen molar-refractivity contribution in [3.63, 3.8) is 0 Å². The van der Waals surface area contributed by atoms with Gasteiger partial charge in [-0.2, -0.15) is 11.8 Å². The van der Waals surface area contributed by atoms with Crippen molar-refractivity contribution in [1.82, 2.24) is 15.1 Å². The Morgan fingerprint density at radius 2 is 2.03 bits per heavy atom. The van der Waals surface area contributed by atoms with Crippen LogP contribution < -0.4 is 15.8 Å². The summed E-state index contributed by atoms with van der Waals surface area (Å²) in [6.07, 6.45) is 3.44. The number of hydrogen-bond acceptors (Lipinski definition) is 6. The first kappa shape index (κ1) is 25.5. The number of nitrogens with two attached hydrogens (primary N) is 1. The molecule has 1 aliphatic heterocycles. The van der Waals surface area contributed by atoms with Crippen LogP contribution in [0.15, 0.2) is 45.8 Å². The number of thioether (sulfide) groups is 1. The summed E-state index contributed by atoms with van der Waals surface area (Å²) in [6.45, 7) is 6.29. The summed E-state index contributed by atoms with van der Waals surface area (Å²) in [5, 5.41) is 3.18. The van der Waals surface area contributed by atoms with Gasteiger partial charge in [0.15, 0.2) is 5.96 Å². The van der Waals surface area contributed by atoms with Gasteiger partial charge in [-0.3, -0.25) is 9.89 Å². The number of furan rings is 1. The van der Waals surface area contributed by atoms with Gasteiger partial charge in [-0.1, -0.05) is 12.1 Å². The molecule has 0 radical (unpaired) electrons. The van der Waals surface area contributed by atoms with Crippen LogP contribution in [0.25, 0.3) is 0 Å². The van der Waals surface area contributed by atoms with Crippen LogP contribution in [0.3, 0.4) is 0 Å². The minimum atomic E-state index is 0.495. The molecule has 1 aliphatic rings. The molecule has 1 aromatic heterocycles. The Morgan fingerprint density at radius 3 is 2.85 bits per heavy atom. The number of nitrogens with one attached hydrogen (secondary N) is 1. The zero-order valence-electron chi connectivity index (χ0n) is 20.1. The summed E-state index contributed by atoms with van der Waals surface area (Å²) >= 11 is 1.84. The number of likely N-dealkylation sites (tertiary alicyclic amines) is 1. The highest BCUT2D eigenvalue weighted by molar-refractivity contribution is 7.98. The lowest BCUT2D eigenvalue weighted by Gasteiger charge is -2.11. The maximum absolute atomic E-state index is 5.97. The van der Waals surface area contributed by atoms with Gasteiger partial charge >= 0.3 is 0 Å². The van der Waals surface area contributed by atoms with E-state index in [0.29, 0.717) is 19.1 Å². The van der Waals surface area contributed by atoms with E-state index in [4.69, 9.17) is 14.9 Å². The molecule has 8 heteroatoms. The van der Waals surface area contributed by atoms with Crippen LogP contribution in [0, 0.1) is 0 Å². The van der Waals surface area contributed by atoms with E-state index in [1.807, 2.05) is 23.9 Å². The normalized spacial score (nSPS) is 14.8. The third-order valence-electron chi connectivity index (χ3n) is 5.34. The van der Waals surface area contributed by atoms with E-state index in [-0.39, 0.29) is 0 Å². The van der Waals surface area contributed by atoms with Crippen molar-refractivity contribution in [1.29, 1.82) is 0 Å². The quantitative estimate of drug-likeness (QED) is 0.247. The lowest BCUT2D eigenvalue weighted by atomic mass is 10.2. The molecular weight excluding hydrogens is 434 g/mol. The predicted molar refractivity (Wildman–Crippen MR) is 138 cm³/mol. The van der Waals surface area contributed by atoms with Crippen LogP contribution in [0.5, 0.6) is 5.75 Å². The maximum Gasteiger partial charge on any atom is 0.188 e. The van der Waals surface area contributed by atoms with E-state index in [1.165, 1.54) is 31.5 Å². The molecule has 0 aliphatic carbocycles. The molecule has 2 heterocycles. The van der Waals surface area contributed by atoms with E-state index < -0.39 is 0 Å². The molecule has 0 amide bonds. The van der Waals surface area contributed by atoms with Crippen LogP contribution in [0.1, 0.15) is 36.3 Å². The number of rotatable bonds is 14. The number of nitrogens with zero attached hydrogens (tertiary/aromatic N) is 3. The lowest BCUT2D eigenvalue weighted by Crippen LogP contribution is -2.33. The van der Waals surface area contributed by atoms with Gasteiger partial charge in [0.1, 0.15) is 17.3 Å². The van der Waals surface area contributed by atoms with Gasteiger partial charge in [0, 0.05) is 31.8 Å². The molecule has 1 saturated heterocycles. The van der Waals surface area contributed by atoms with Crippen LogP contribution >= 0.6 is 11.8 Å². The van der Waals surface area contributed by atoms with Crippen LogP contribution in [-0.2, 0) is 18.8 Å². The summed E-state index contributed by atoms with van der Waals surface area (Å²) in [5.41, 5.74) is 7.22. The molecule has 2 aromatic rings. The fraction of sp³-hybridized carbons (Fsp3) is 0.560. The van der Waals surface area contributed by atoms with Gasteiger partial charge in [0.05, 0.1) is 18.9 Å². The average Bonchev–Trinajstić information content (AvgIpc) is 3.45. The number of ether oxygens (including phenoxy) is 1. The van der Waals surface area contributed by atoms with Crippen molar-refractivity contribution in [3.05, 3.63) is 53.5 Å². The van der Waals surface area contributed by atoms with Crippen molar-refractivity contribution in [2.75, 3.05) is 52.6 Å². The maximum atomic E-state index is 5.97. The smallest absolute Gasteiger partial charge is 0.188 e. The summed E-state index contributed by atoms with van der Waals surface area (Å²) in [6, 6.07) is 12.4. The molecule has 33 heavy (non-hydrogen) atoms. The minimum Gasteiger partial charge on any atom is -0.494 e. The Balaban J connectivity index is 1.21. The Labute approximate surface area is 202 Å². The molecule has 0 saturated carbocycles. The highest BCUT2D eigenvalue weighted by Crippen LogP contribution is 2.18. The lowest BCUT2D eigenvalue weighted by molar-refractivity contribution is 0.294. The molecule has 1 aromatic carbocycles. The van der Waals surface area contributed by atoms with Gasteiger partial charge in [-0.15, -0.1) is 0 Å². The summed E-state index contributed by atoms with van der Waals surface area (Å²) in [4.78, 5) is 8.98. The molecule has 7 nitrogen and oxygen atoms in total. The summed E-state index contributed by atoms with van der Waals surface area (Å²) in [5.74, 6) is 5.35. The van der Waals surface area contributed by atoms with Gasteiger partial charge in [-0.05, 0) is 69.9 Å². The Bertz CT molecular complexity index is 849. The molecule has 0 unspecified atom stereocenters. The molecule has 3 rings (SSSR count). The number of hydrogen-bond donors (Lipinski definition) is 2. The van der Waals surface area contributed by atoms with E-state index in [9.17, 15) is 0 Å². The minimum absolute atomic E-state index is 0.495. The summed E-state index contributed by atoms with van der Waals surface area (Å²) < 4.78 is 11.8. The number of benzene rings is 1. The molecule has 1 fully saturated rings. The van der Waals surface area contributed by atoms with Gasteiger partial charge in [0.25, 0.3) is 0 Å². The predicted octanol–water partition coefficient (Wildman–Crippen LogP) is 3.54. The zero-order valence-corrected chi connectivity index (χ0v) is 20.9. The fourth-order valence-corrected chi connectivity index (χ4v) is 4.53. The van der Waals surface area contributed by atoms with Gasteiger partial charge in [-0.25, -0.2) is 0 Å². The van der Waals surface area contributed by atoms with Crippen LogP contribution in [0.2, 0.25) is 0 Å². The van der Waals surface area contributed by atoms with E-state index in [2.05, 4.69) is 58.5 Å². The van der Waals surface area contributed by atoms with Gasteiger partial charge < -0.3 is 25.1 Å². The third kappa shape index (κ3) is 10.1. The summed E-state index contributed by atoms with van der Waals surface area (Å²) in [7, 11) is 4.13. The zero-order chi connectivity index (χ0) is 23.3. The Morgan fingerprint density at radius 1 is 1.21 bits per heavy atom. The largest absolute Gasteiger partial charge is 0.494 e. The Kier molecular flexibility index (Phi) is 10.9. The Hall–Kier alpha value is -2.16. The molecule has 0 atom stereocenters. The monoisotopic (exact) mass is 473 g/mol. The first-order chi connectivity index (χ1) is 16.1. The first-order valence-electron chi connectivity index (χ1n) is 11.9. The molecule has 182 valence electrons. The van der Waals surface area contributed by atoms with E-state index in [1.54, 1.807) is 0 Å². The molecular formula is C25H39N5O2S. The number of guanidine groups is 1. The van der Waals surface area contributed by atoms with Crippen molar-refractivity contribution < 1.29 is 9.15 Å². The van der Waals surface area contributed by atoms with E-state index in [0.717, 1.165) is 54.8 Å². The molecule has 0 spiro atoms. The molecule has 3 N–H and O–H groups in total. The number of aliphatic imine (C=N–C) groups is 1. The first-order valence-corrected chi connectivity index (χ1v) is 13.0. The third-order valence-corrected chi connectivity index (χ3v) is 6.32. The second-order valence-corrected chi connectivity index (χ2v) is 9.79. The highest BCUT2D eigenvalue weighted by Gasteiger charge is 2.13. The van der Waals surface area contributed by atoms with Crippen LogP contribution in [-0.4, -0.2) is 68.4 Å². The van der Waals surface area contributed by atoms with Crippen LogP contribution in [0.4, 0.5) is 0 Å². The highest BCUT2D eigenvalue weighted by atomic mass is 32.2.